The number of aromatic carboxylic acids is 1. The fourth-order valence-corrected chi connectivity index (χ4v) is 2.53. The molecule has 1 aromatic heterocycles. The zero-order valence-corrected chi connectivity index (χ0v) is 14.6. The highest BCUT2D eigenvalue weighted by molar-refractivity contribution is 8.22. The molecule has 6 N–H and O–H groups in total. The average molecular weight is 406 g/mol. The lowest BCUT2D eigenvalue weighted by atomic mass is 10.1. The summed E-state index contributed by atoms with van der Waals surface area (Å²) in [5.41, 5.74) is 4.56. The van der Waals surface area contributed by atoms with Crippen LogP contribution in [0.2, 0.25) is 5.02 Å². The summed E-state index contributed by atoms with van der Waals surface area (Å²) in [5, 5.41) is 9.84. The second-order valence-electron chi connectivity index (χ2n) is 4.81. The summed E-state index contributed by atoms with van der Waals surface area (Å²) in [4.78, 5) is 19.0. The van der Waals surface area contributed by atoms with Crippen LogP contribution in [0.25, 0.3) is 17.5 Å². The number of nitrogen functional groups attached to an aromatic ring is 1. The van der Waals surface area contributed by atoms with Crippen molar-refractivity contribution in [2.45, 2.75) is 0 Å². The fourth-order valence-electron chi connectivity index (χ4n) is 1.99. The number of carboxylic acids is 1. The maximum absolute atomic E-state index is 14.5. The lowest BCUT2D eigenvalue weighted by Crippen LogP contribution is -2.10. The number of carbonyl (C=O) groups is 1. The van der Waals surface area contributed by atoms with Crippen LogP contribution in [0.4, 0.5) is 10.2 Å². The standard InChI is InChI=1S/C14H13ClFN3O6S/c1-25-11-8(15)3-2-6(9(11)16)13-18-10(14(20)21)7(12(17)19-13)4-5-26(22,23)24/h2-5,22-24H,1H3,(H,20,21)(H2,17,18,19)/b5-4+. The number of halogens is 2. The number of anilines is 1. The largest absolute Gasteiger partial charge is 0.492 e. The summed E-state index contributed by atoms with van der Waals surface area (Å²) in [6, 6.07) is 2.54. The molecule has 0 radical (unpaired) electrons. The molecule has 0 aliphatic heterocycles. The minimum atomic E-state index is -4.04. The van der Waals surface area contributed by atoms with Gasteiger partial charge in [-0.1, -0.05) is 11.6 Å². The molecule has 140 valence electrons. The molecule has 0 atom stereocenters. The van der Waals surface area contributed by atoms with E-state index in [-0.39, 0.29) is 33.5 Å². The van der Waals surface area contributed by atoms with Gasteiger partial charge in [0.1, 0.15) is 16.7 Å². The Bertz CT molecular complexity index is 903. The van der Waals surface area contributed by atoms with Crippen LogP contribution in [0.3, 0.4) is 0 Å². The summed E-state index contributed by atoms with van der Waals surface area (Å²) in [6.45, 7) is 0. The topological polar surface area (TPSA) is 159 Å². The number of methoxy groups -OCH3 is 1. The van der Waals surface area contributed by atoms with Crippen LogP contribution in [0, 0.1) is 5.82 Å². The Kier molecular flexibility index (Phi) is 5.68. The molecule has 9 nitrogen and oxygen atoms in total. The van der Waals surface area contributed by atoms with E-state index >= 15 is 0 Å². The van der Waals surface area contributed by atoms with Crippen molar-refractivity contribution in [3.63, 3.8) is 0 Å². The smallest absolute Gasteiger partial charge is 0.355 e. The van der Waals surface area contributed by atoms with Gasteiger partial charge >= 0.3 is 5.97 Å². The highest BCUT2D eigenvalue weighted by atomic mass is 35.5. The summed E-state index contributed by atoms with van der Waals surface area (Å²) < 4.78 is 46.2. The van der Waals surface area contributed by atoms with Gasteiger partial charge in [0.05, 0.1) is 23.3 Å². The van der Waals surface area contributed by atoms with Crippen LogP contribution in [-0.4, -0.2) is 41.8 Å². The Balaban J connectivity index is 2.68. The molecule has 0 bridgehead atoms. The minimum absolute atomic E-state index is 0.00659. The second kappa shape index (κ2) is 7.43. The van der Waals surface area contributed by atoms with Crippen LogP contribution < -0.4 is 10.5 Å². The number of aromatic nitrogens is 2. The van der Waals surface area contributed by atoms with E-state index in [1.54, 1.807) is 0 Å². The second-order valence-corrected chi connectivity index (χ2v) is 6.61. The SMILES string of the molecule is COc1c(Cl)ccc(-c2nc(N)c(/C=C/S(O)(O)O)c(C(=O)O)n2)c1F. The number of ether oxygens (including phenoxy) is 1. The van der Waals surface area contributed by atoms with Gasteiger partial charge in [0.25, 0.3) is 0 Å². The van der Waals surface area contributed by atoms with E-state index < -0.39 is 28.4 Å². The number of carboxylic acid groups (broad SMARTS) is 1. The Morgan fingerprint density at radius 1 is 1.35 bits per heavy atom. The van der Waals surface area contributed by atoms with Crippen LogP contribution >= 0.6 is 22.5 Å². The fraction of sp³-hybridized carbons (Fsp3) is 0.0714. The quantitative estimate of drug-likeness (QED) is 0.502. The van der Waals surface area contributed by atoms with Gasteiger partial charge in [-0.25, -0.2) is 19.2 Å². The molecule has 0 aliphatic rings. The summed E-state index contributed by atoms with van der Waals surface area (Å²) in [7, 11) is -2.84. The van der Waals surface area contributed by atoms with Crippen LogP contribution in [0.15, 0.2) is 17.5 Å². The summed E-state index contributed by atoms with van der Waals surface area (Å²) in [6.07, 6.45) is 0.844. The molecule has 0 unspecified atom stereocenters. The summed E-state index contributed by atoms with van der Waals surface area (Å²) >= 11 is 5.81. The lowest BCUT2D eigenvalue weighted by Gasteiger charge is -2.14. The van der Waals surface area contributed by atoms with Gasteiger partial charge in [0.2, 0.25) is 0 Å². The van der Waals surface area contributed by atoms with Crippen molar-refractivity contribution in [3.05, 3.63) is 39.6 Å². The van der Waals surface area contributed by atoms with Crippen molar-refractivity contribution in [2.75, 3.05) is 12.8 Å². The van der Waals surface area contributed by atoms with E-state index in [1.807, 2.05) is 0 Å². The highest BCUT2D eigenvalue weighted by Crippen LogP contribution is 2.37. The van der Waals surface area contributed by atoms with Crippen molar-refractivity contribution in [1.82, 2.24) is 9.97 Å². The molecule has 0 fully saturated rings. The first-order valence-corrected chi connectivity index (χ1v) is 8.61. The first-order valence-electron chi connectivity index (χ1n) is 6.67. The van der Waals surface area contributed by atoms with E-state index in [2.05, 4.69) is 9.97 Å². The molecule has 0 saturated heterocycles. The van der Waals surface area contributed by atoms with E-state index in [0.717, 1.165) is 6.08 Å². The predicted octanol–water partition coefficient (Wildman–Crippen LogP) is 3.42. The third-order valence-electron chi connectivity index (χ3n) is 3.09. The first kappa shape index (κ1) is 19.9. The van der Waals surface area contributed by atoms with Crippen molar-refractivity contribution in [3.8, 4) is 17.1 Å². The maximum Gasteiger partial charge on any atom is 0.355 e. The molecular weight excluding hydrogens is 393 g/mol. The number of rotatable bonds is 5. The number of hydrogen-bond donors (Lipinski definition) is 5. The van der Waals surface area contributed by atoms with E-state index in [9.17, 15) is 14.3 Å². The Labute approximate surface area is 153 Å². The lowest BCUT2D eigenvalue weighted by molar-refractivity contribution is 0.0690. The van der Waals surface area contributed by atoms with Gasteiger partial charge in [-0.05, 0) is 18.2 Å². The molecule has 26 heavy (non-hydrogen) atoms. The Hall–Kier alpha value is -2.44. The van der Waals surface area contributed by atoms with Gasteiger partial charge in [-0.2, -0.15) is 0 Å². The van der Waals surface area contributed by atoms with Crippen molar-refractivity contribution in [2.24, 2.45) is 0 Å². The monoisotopic (exact) mass is 405 g/mol. The third-order valence-corrected chi connectivity index (χ3v) is 3.89. The van der Waals surface area contributed by atoms with E-state index in [1.165, 1.54) is 19.2 Å². The van der Waals surface area contributed by atoms with Crippen LogP contribution in [-0.2, 0) is 0 Å². The Morgan fingerprint density at radius 2 is 2.00 bits per heavy atom. The maximum atomic E-state index is 14.5. The molecular formula is C14H13ClFN3O6S. The van der Waals surface area contributed by atoms with Gasteiger partial charge in [-0.15, -0.1) is 0 Å². The van der Waals surface area contributed by atoms with Gasteiger partial charge in [-0.3, -0.25) is 0 Å². The van der Waals surface area contributed by atoms with Crippen LogP contribution in [0.5, 0.6) is 5.75 Å². The van der Waals surface area contributed by atoms with E-state index in [4.69, 9.17) is 35.7 Å². The van der Waals surface area contributed by atoms with Crippen molar-refractivity contribution < 1.29 is 32.7 Å². The molecule has 2 rings (SSSR count). The molecule has 1 aromatic carbocycles. The zero-order valence-electron chi connectivity index (χ0n) is 13.1. The van der Waals surface area contributed by atoms with Gasteiger partial charge in [0, 0.05) is 5.41 Å². The molecule has 0 saturated carbocycles. The van der Waals surface area contributed by atoms with E-state index in [0.29, 0.717) is 5.41 Å². The van der Waals surface area contributed by atoms with Gasteiger partial charge in [0.15, 0.2) is 23.1 Å². The first-order chi connectivity index (χ1) is 12.0. The van der Waals surface area contributed by atoms with Crippen molar-refractivity contribution in [1.29, 1.82) is 0 Å². The zero-order chi connectivity index (χ0) is 19.6. The average Bonchev–Trinajstić information content (AvgIpc) is 2.52. The molecule has 12 heteroatoms. The molecule has 0 aliphatic carbocycles. The third kappa shape index (κ3) is 4.20. The van der Waals surface area contributed by atoms with Crippen LogP contribution in [0.1, 0.15) is 16.1 Å². The number of benzene rings is 1. The minimum Gasteiger partial charge on any atom is -0.492 e. The number of nitrogens with zero attached hydrogens (tertiary/aromatic N) is 2. The van der Waals surface area contributed by atoms with Crippen molar-refractivity contribution >= 4 is 40.3 Å². The van der Waals surface area contributed by atoms with Gasteiger partial charge < -0.3 is 29.2 Å². The molecule has 0 amide bonds. The highest BCUT2D eigenvalue weighted by Gasteiger charge is 2.22. The molecule has 0 spiro atoms. The summed E-state index contributed by atoms with van der Waals surface area (Å²) in [5.74, 6) is -3.46. The molecule has 2 aromatic rings. The normalized spacial score (nSPS) is 12.4. The molecule has 1 heterocycles. The number of hydrogen-bond acceptors (Lipinski definition) is 8. The number of nitrogens with two attached hydrogens (primary N) is 1. The Morgan fingerprint density at radius 3 is 2.54 bits per heavy atom. The predicted molar refractivity (Wildman–Crippen MR) is 94.9 cm³/mol.